The number of rotatable bonds is 10. The molecule has 33 heavy (non-hydrogen) atoms. The Kier molecular flexibility index (Phi) is 7.05. The molecule has 0 spiro atoms. The molecule has 1 aromatic heterocycles. The van der Waals surface area contributed by atoms with Crippen molar-refractivity contribution in [3.8, 4) is 23.0 Å². The predicted octanol–water partition coefficient (Wildman–Crippen LogP) is 5.35. The van der Waals surface area contributed by atoms with E-state index in [2.05, 4.69) is 4.98 Å². The number of carboxylic acids is 1. The second kappa shape index (κ2) is 10.5. The minimum Gasteiger partial charge on any atom is -0.493 e. The predicted molar refractivity (Wildman–Crippen MR) is 125 cm³/mol. The van der Waals surface area contributed by atoms with Gasteiger partial charge in [0, 0.05) is 18.4 Å². The lowest BCUT2D eigenvalue weighted by atomic mass is 10.1. The molecule has 1 atom stereocenters. The molecule has 0 saturated heterocycles. The highest BCUT2D eigenvalue weighted by Gasteiger charge is 2.20. The van der Waals surface area contributed by atoms with Gasteiger partial charge in [-0.25, -0.2) is 9.78 Å². The third-order valence-electron chi connectivity index (χ3n) is 5.16. The fraction of sp³-hybridized carbons (Fsp3) is 0.185. The van der Waals surface area contributed by atoms with Crippen LogP contribution in [0.4, 0.5) is 0 Å². The van der Waals surface area contributed by atoms with E-state index in [9.17, 15) is 9.90 Å². The van der Waals surface area contributed by atoms with Crippen molar-refractivity contribution in [3.63, 3.8) is 0 Å². The van der Waals surface area contributed by atoms with E-state index in [0.717, 1.165) is 22.6 Å². The van der Waals surface area contributed by atoms with E-state index >= 15 is 0 Å². The fourth-order valence-electron chi connectivity index (χ4n) is 3.42. The SMILES string of the molecule is Cc1oc(-c2ccccc2)nc1CCOc1ccc(OC(Cc2ccccc2)C(=O)O)cc1. The smallest absolute Gasteiger partial charge is 0.345 e. The molecule has 6 heteroatoms. The van der Waals surface area contributed by atoms with Gasteiger partial charge in [0.05, 0.1) is 12.3 Å². The molecule has 4 aromatic rings. The highest BCUT2D eigenvalue weighted by atomic mass is 16.5. The van der Waals surface area contributed by atoms with Crippen molar-refractivity contribution in [2.24, 2.45) is 0 Å². The number of aliphatic carboxylic acids is 1. The molecule has 3 aromatic carbocycles. The lowest BCUT2D eigenvalue weighted by Crippen LogP contribution is -2.29. The van der Waals surface area contributed by atoms with Gasteiger partial charge in [0.2, 0.25) is 5.89 Å². The summed E-state index contributed by atoms with van der Waals surface area (Å²) in [7, 11) is 0. The number of hydrogen-bond donors (Lipinski definition) is 1. The van der Waals surface area contributed by atoms with Crippen LogP contribution < -0.4 is 9.47 Å². The molecule has 0 radical (unpaired) electrons. The first-order chi connectivity index (χ1) is 16.1. The van der Waals surface area contributed by atoms with Crippen molar-refractivity contribution >= 4 is 5.97 Å². The number of ether oxygens (including phenoxy) is 2. The summed E-state index contributed by atoms with van der Waals surface area (Å²) in [6.07, 6.45) is -0.0669. The van der Waals surface area contributed by atoms with Crippen LogP contribution >= 0.6 is 0 Å². The van der Waals surface area contributed by atoms with Gasteiger partial charge < -0.3 is 19.0 Å². The van der Waals surface area contributed by atoms with Gasteiger partial charge >= 0.3 is 5.97 Å². The highest BCUT2D eigenvalue weighted by Crippen LogP contribution is 2.23. The van der Waals surface area contributed by atoms with Gasteiger partial charge in [-0.1, -0.05) is 48.5 Å². The monoisotopic (exact) mass is 443 g/mol. The van der Waals surface area contributed by atoms with Crippen LogP contribution in [0.2, 0.25) is 0 Å². The van der Waals surface area contributed by atoms with Crippen molar-refractivity contribution < 1.29 is 23.8 Å². The molecule has 0 saturated carbocycles. The molecule has 0 aliphatic carbocycles. The topological polar surface area (TPSA) is 81.8 Å². The maximum Gasteiger partial charge on any atom is 0.345 e. The maximum atomic E-state index is 11.6. The Morgan fingerprint density at radius 2 is 1.58 bits per heavy atom. The number of aromatic nitrogens is 1. The van der Waals surface area contributed by atoms with Gasteiger partial charge in [0.1, 0.15) is 17.3 Å². The Balaban J connectivity index is 1.31. The lowest BCUT2D eigenvalue weighted by molar-refractivity contribution is -0.145. The zero-order valence-corrected chi connectivity index (χ0v) is 18.3. The third kappa shape index (κ3) is 6.01. The van der Waals surface area contributed by atoms with E-state index in [-0.39, 0.29) is 6.42 Å². The Morgan fingerprint density at radius 3 is 2.24 bits per heavy atom. The average Bonchev–Trinajstić information content (AvgIpc) is 3.21. The molecule has 0 aliphatic rings. The van der Waals surface area contributed by atoms with Crippen molar-refractivity contribution in [2.45, 2.75) is 25.9 Å². The molecule has 4 rings (SSSR count). The zero-order chi connectivity index (χ0) is 23.0. The number of nitrogens with zero attached hydrogens (tertiary/aromatic N) is 1. The summed E-state index contributed by atoms with van der Waals surface area (Å²) in [5.74, 6) is 1.52. The average molecular weight is 443 g/mol. The van der Waals surface area contributed by atoms with E-state index in [0.29, 0.717) is 30.4 Å². The second-order valence-electron chi connectivity index (χ2n) is 7.59. The molecule has 0 fully saturated rings. The third-order valence-corrected chi connectivity index (χ3v) is 5.16. The summed E-state index contributed by atoms with van der Waals surface area (Å²) >= 11 is 0. The molecule has 0 bridgehead atoms. The second-order valence-corrected chi connectivity index (χ2v) is 7.59. The number of hydrogen-bond acceptors (Lipinski definition) is 5. The number of carboxylic acid groups (broad SMARTS) is 1. The van der Waals surface area contributed by atoms with Gasteiger partial charge in [0.15, 0.2) is 6.10 Å². The van der Waals surface area contributed by atoms with E-state index in [4.69, 9.17) is 13.9 Å². The maximum absolute atomic E-state index is 11.6. The lowest BCUT2D eigenvalue weighted by Gasteiger charge is -2.15. The van der Waals surface area contributed by atoms with Crippen molar-refractivity contribution in [2.75, 3.05) is 6.61 Å². The number of benzene rings is 3. The van der Waals surface area contributed by atoms with Crippen LogP contribution in [0.5, 0.6) is 11.5 Å². The summed E-state index contributed by atoms with van der Waals surface area (Å²) in [5, 5.41) is 9.51. The number of oxazole rings is 1. The standard InChI is InChI=1S/C27H25NO5/c1-19-24(28-26(32-19)21-10-6-3-7-11-21)16-17-31-22-12-14-23(15-13-22)33-25(27(29)30)18-20-8-4-2-5-9-20/h2-15,25H,16-18H2,1H3,(H,29,30). The molecule has 168 valence electrons. The number of aryl methyl sites for hydroxylation is 1. The van der Waals surface area contributed by atoms with Crippen LogP contribution in [0.3, 0.4) is 0 Å². The van der Waals surface area contributed by atoms with Crippen LogP contribution in [0.15, 0.2) is 89.3 Å². The Bertz CT molecular complexity index is 1170. The zero-order valence-electron chi connectivity index (χ0n) is 18.3. The number of carbonyl (C=O) groups is 1. The quantitative estimate of drug-likeness (QED) is 0.356. The fourth-order valence-corrected chi connectivity index (χ4v) is 3.42. The minimum absolute atomic E-state index is 0.288. The first-order valence-electron chi connectivity index (χ1n) is 10.8. The van der Waals surface area contributed by atoms with Gasteiger partial charge in [-0.3, -0.25) is 0 Å². The van der Waals surface area contributed by atoms with E-state index in [1.54, 1.807) is 24.3 Å². The minimum atomic E-state index is -1.00. The molecule has 1 heterocycles. The van der Waals surface area contributed by atoms with Crippen molar-refractivity contribution in [1.29, 1.82) is 0 Å². The first kappa shape index (κ1) is 22.1. The van der Waals surface area contributed by atoms with Crippen LogP contribution in [0.1, 0.15) is 17.0 Å². The molecule has 0 aliphatic heterocycles. The van der Waals surface area contributed by atoms with Gasteiger partial charge in [-0.2, -0.15) is 0 Å². The van der Waals surface area contributed by atoms with E-state index in [1.807, 2.05) is 67.6 Å². The summed E-state index contributed by atoms with van der Waals surface area (Å²) in [5.41, 5.74) is 2.71. The highest BCUT2D eigenvalue weighted by molar-refractivity contribution is 5.73. The van der Waals surface area contributed by atoms with Crippen LogP contribution in [0.25, 0.3) is 11.5 Å². The van der Waals surface area contributed by atoms with E-state index in [1.165, 1.54) is 0 Å². The van der Waals surface area contributed by atoms with Crippen LogP contribution in [-0.2, 0) is 17.6 Å². The summed E-state index contributed by atoms with van der Waals surface area (Å²) in [6, 6.07) is 26.2. The van der Waals surface area contributed by atoms with E-state index < -0.39 is 12.1 Å². The van der Waals surface area contributed by atoms with Crippen LogP contribution in [-0.4, -0.2) is 28.8 Å². The van der Waals surface area contributed by atoms with Gasteiger partial charge in [-0.15, -0.1) is 0 Å². The van der Waals surface area contributed by atoms with Gasteiger partial charge in [0.25, 0.3) is 0 Å². The normalized spacial score (nSPS) is 11.7. The van der Waals surface area contributed by atoms with Crippen LogP contribution in [0, 0.1) is 6.92 Å². The Labute approximate surface area is 192 Å². The summed E-state index contributed by atoms with van der Waals surface area (Å²) in [4.78, 5) is 16.2. The molecule has 1 unspecified atom stereocenters. The summed E-state index contributed by atoms with van der Waals surface area (Å²) in [6.45, 7) is 2.34. The van der Waals surface area contributed by atoms with Crippen molar-refractivity contribution in [3.05, 3.63) is 102 Å². The van der Waals surface area contributed by atoms with Crippen molar-refractivity contribution in [1.82, 2.24) is 4.98 Å². The Morgan fingerprint density at radius 1 is 0.939 bits per heavy atom. The largest absolute Gasteiger partial charge is 0.493 e. The summed E-state index contributed by atoms with van der Waals surface area (Å²) < 4.78 is 17.3. The molecule has 0 amide bonds. The molecule has 1 N–H and O–H groups in total. The van der Waals surface area contributed by atoms with Gasteiger partial charge in [-0.05, 0) is 48.9 Å². The molecule has 6 nitrogen and oxygen atoms in total. The first-order valence-corrected chi connectivity index (χ1v) is 10.8. The molecular weight excluding hydrogens is 418 g/mol. The molecular formula is C27H25NO5. The Hall–Kier alpha value is -4.06.